The van der Waals surface area contributed by atoms with E-state index in [-0.39, 0.29) is 24.5 Å². The van der Waals surface area contributed by atoms with E-state index in [4.69, 9.17) is 5.11 Å². The van der Waals surface area contributed by atoms with Gasteiger partial charge in [-0.2, -0.15) is 0 Å². The molecule has 0 saturated carbocycles. The Kier molecular flexibility index (Phi) is 7.33. The smallest absolute Gasteiger partial charge is 0.315 e. The van der Waals surface area contributed by atoms with Crippen LogP contribution in [0.25, 0.3) is 0 Å². The zero-order valence-corrected chi connectivity index (χ0v) is 10.2. The highest BCUT2D eigenvalue weighted by molar-refractivity contribution is 5.74. The summed E-state index contributed by atoms with van der Waals surface area (Å²) in [5.74, 6) is -0.839. The quantitative estimate of drug-likeness (QED) is 0.623. The molecular weight excluding hydrogens is 208 g/mol. The van der Waals surface area contributed by atoms with Gasteiger partial charge < -0.3 is 15.7 Å². The van der Waals surface area contributed by atoms with Crippen LogP contribution in [-0.4, -0.2) is 29.2 Å². The number of carboxylic acids is 1. The van der Waals surface area contributed by atoms with Crippen LogP contribution >= 0.6 is 0 Å². The standard InChI is InChI=1S/C11H22N2O3/c1-4-5-8(2)12-11(16)13-9(3)6-7-10(14)15/h8-9H,4-7H2,1-3H3,(H,14,15)(H2,12,13,16)/t8-,9-/m1/s1. The largest absolute Gasteiger partial charge is 0.481 e. The molecule has 0 aliphatic heterocycles. The van der Waals surface area contributed by atoms with Gasteiger partial charge in [0.2, 0.25) is 0 Å². The number of carbonyl (C=O) groups is 2. The Labute approximate surface area is 96.6 Å². The fraction of sp³-hybridized carbons (Fsp3) is 0.818. The summed E-state index contributed by atoms with van der Waals surface area (Å²) in [4.78, 5) is 21.7. The van der Waals surface area contributed by atoms with E-state index in [0.29, 0.717) is 6.42 Å². The lowest BCUT2D eigenvalue weighted by atomic mass is 10.2. The van der Waals surface area contributed by atoms with Crippen molar-refractivity contribution in [3.8, 4) is 0 Å². The molecule has 2 atom stereocenters. The van der Waals surface area contributed by atoms with Crippen LogP contribution < -0.4 is 10.6 Å². The third kappa shape index (κ3) is 8.08. The van der Waals surface area contributed by atoms with Crippen molar-refractivity contribution in [1.29, 1.82) is 0 Å². The van der Waals surface area contributed by atoms with E-state index in [0.717, 1.165) is 12.8 Å². The van der Waals surface area contributed by atoms with Crippen molar-refractivity contribution >= 4 is 12.0 Å². The van der Waals surface area contributed by atoms with Crippen LogP contribution in [0.15, 0.2) is 0 Å². The topological polar surface area (TPSA) is 78.4 Å². The van der Waals surface area contributed by atoms with Crippen molar-refractivity contribution < 1.29 is 14.7 Å². The molecule has 0 heterocycles. The second-order valence-electron chi connectivity index (χ2n) is 4.14. The summed E-state index contributed by atoms with van der Waals surface area (Å²) < 4.78 is 0. The van der Waals surface area contributed by atoms with Gasteiger partial charge in [-0.3, -0.25) is 4.79 Å². The molecule has 94 valence electrons. The molecule has 0 aromatic heterocycles. The first-order valence-electron chi connectivity index (χ1n) is 5.74. The average Bonchev–Trinajstić information content (AvgIpc) is 2.14. The minimum absolute atomic E-state index is 0.0754. The van der Waals surface area contributed by atoms with E-state index in [2.05, 4.69) is 17.6 Å². The van der Waals surface area contributed by atoms with Crippen molar-refractivity contribution in [3.63, 3.8) is 0 Å². The normalized spacial score (nSPS) is 13.9. The first-order valence-corrected chi connectivity index (χ1v) is 5.74. The molecule has 0 rings (SSSR count). The minimum atomic E-state index is -0.839. The highest BCUT2D eigenvalue weighted by Gasteiger charge is 2.10. The summed E-state index contributed by atoms with van der Waals surface area (Å²) >= 11 is 0. The lowest BCUT2D eigenvalue weighted by Crippen LogP contribution is -2.44. The number of hydrogen-bond acceptors (Lipinski definition) is 2. The summed E-state index contributed by atoms with van der Waals surface area (Å²) in [7, 11) is 0. The van der Waals surface area contributed by atoms with Crippen LogP contribution in [0.4, 0.5) is 4.79 Å². The molecule has 5 heteroatoms. The number of urea groups is 1. The Bertz CT molecular complexity index is 231. The molecule has 16 heavy (non-hydrogen) atoms. The monoisotopic (exact) mass is 230 g/mol. The van der Waals surface area contributed by atoms with Crippen molar-refractivity contribution in [2.24, 2.45) is 0 Å². The van der Waals surface area contributed by atoms with Gasteiger partial charge in [0.1, 0.15) is 0 Å². The van der Waals surface area contributed by atoms with Gasteiger partial charge in [0.05, 0.1) is 0 Å². The van der Waals surface area contributed by atoms with Crippen molar-refractivity contribution in [2.75, 3.05) is 0 Å². The van der Waals surface area contributed by atoms with Crippen LogP contribution in [-0.2, 0) is 4.79 Å². The van der Waals surface area contributed by atoms with Gasteiger partial charge in [0.25, 0.3) is 0 Å². The molecule has 0 aromatic rings. The van der Waals surface area contributed by atoms with Crippen LogP contribution in [0.3, 0.4) is 0 Å². The van der Waals surface area contributed by atoms with Crippen molar-refractivity contribution in [1.82, 2.24) is 10.6 Å². The van der Waals surface area contributed by atoms with Crippen molar-refractivity contribution in [2.45, 2.75) is 58.5 Å². The van der Waals surface area contributed by atoms with Gasteiger partial charge in [-0.25, -0.2) is 4.79 Å². The zero-order chi connectivity index (χ0) is 12.6. The Morgan fingerprint density at radius 2 is 1.62 bits per heavy atom. The van der Waals surface area contributed by atoms with Gasteiger partial charge in [0, 0.05) is 18.5 Å². The molecule has 0 fully saturated rings. The second-order valence-corrected chi connectivity index (χ2v) is 4.14. The van der Waals surface area contributed by atoms with Gasteiger partial charge in [-0.15, -0.1) is 0 Å². The van der Waals surface area contributed by atoms with E-state index < -0.39 is 5.97 Å². The van der Waals surface area contributed by atoms with Crippen LogP contribution in [0.2, 0.25) is 0 Å². The fourth-order valence-electron chi connectivity index (χ4n) is 1.41. The van der Waals surface area contributed by atoms with Gasteiger partial charge >= 0.3 is 12.0 Å². The van der Waals surface area contributed by atoms with Crippen molar-refractivity contribution in [3.05, 3.63) is 0 Å². The first-order chi connectivity index (χ1) is 7.45. The number of hydrogen-bond donors (Lipinski definition) is 3. The van der Waals surface area contributed by atoms with E-state index in [1.54, 1.807) is 6.92 Å². The van der Waals surface area contributed by atoms with E-state index in [1.807, 2.05) is 6.92 Å². The highest BCUT2D eigenvalue weighted by atomic mass is 16.4. The number of carboxylic acid groups (broad SMARTS) is 1. The Balaban J connectivity index is 3.73. The summed E-state index contributed by atoms with van der Waals surface area (Å²) in [6, 6.07) is -0.194. The van der Waals surface area contributed by atoms with Gasteiger partial charge in [-0.05, 0) is 26.7 Å². The van der Waals surface area contributed by atoms with Gasteiger partial charge in [0.15, 0.2) is 0 Å². The summed E-state index contributed by atoms with van der Waals surface area (Å²) in [5.41, 5.74) is 0. The second kappa shape index (κ2) is 7.96. The molecule has 0 aromatic carbocycles. The predicted molar refractivity (Wildman–Crippen MR) is 62.4 cm³/mol. The molecule has 5 nitrogen and oxygen atoms in total. The first kappa shape index (κ1) is 14.7. The Morgan fingerprint density at radius 3 is 2.06 bits per heavy atom. The summed E-state index contributed by atoms with van der Waals surface area (Å²) in [6.45, 7) is 5.81. The summed E-state index contributed by atoms with van der Waals surface area (Å²) in [6.07, 6.45) is 2.49. The molecule has 0 radical (unpaired) electrons. The molecule has 0 unspecified atom stereocenters. The maximum Gasteiger partial charge on any atom is 0.315 e. The lowest BCUT2D eigenvalue weighted by molar-refractivity contribution is -0.137. The predicted octanol–water partition coefficient (Wildman–Crippen LogP) is 1.73. The van der Waals surface area contributed by atoms with Crippen LogP contribution in [0.1, 0.15) is 46.5 Å². The Morgan fingerprint density at radius 1 is 1.12 bits per heavy atom. The van der Waals surface area contributed by atoms with Crippen LogP contribution in [0.5, 0.6) is 0 Å². The molecule has 2 amide bonds. The number of rotatable bonds is 7. The molecule has 0 aliphatic rings. The number of carbonyl (C=O) groups excluding carboxylic acids is 1. The van der Waals surface area contributed by atoms with E-state index in [9.17, 15) is 9.59 Å². The molecule has 0 bridgehead atoms. The third-order valence-corrected chi connectivity index (χ3v) is 2.27. The van der Waals surface area contributed by atoms with Crippen LogP contribution in [0, 0.1) is 0 Å². The Hall–Kier alpha value is -1.26. The molecule has 0 saturated heterocycles. The number of amides is 2. The lowest BCUT2D eigenvalue weighted by Gasteiger charge is -2.17. The minimum Gasteiger partial charge on any atom is -0.481 e. The molecule has 0 spiro atoms. The highest BCUT2D eigenvalue weighted by Crippen LogP contribution is 1.97. The summed E-state index contributed by atoms with van der Waals surface area (Å²) in [5, 5.41) is 14.0. The molecular formula is C11H22N2O3. The fourth-order valence-corrected chi connectivity index (χ4v) is 1.41. The van der Waals surface area contributed by atoms with E-state index in [1.165, 1.54) is 0 Å². The average molecular weight is 230 g/mol. The zero-order valence-electron chi connectivity index (χ0n) is 10.2. The number of nitrogens with one attached hydrogen (secondary N) is 2. The molecule has 3 N–H and O–H groups in total. The third-order valence-electron chi connectivity index (χ3n) is 2.27. The van der Waals surface area contributed by atoms with Gasteiger partial charge in [-0.1, -0.05) is 13.3 Å². The molecule has 0 aliphatic carbocycles. The maximum absolute atomic E-state index is 11.4. The van der Waals surface area contributed by atoms with E-state index >= 15 is 0 Å². The SMILES string of the molecule is CCC[C@@H](C)NC(=O)N[C@H](C)CCC(=O)O. The number of aliphatic carboxylic acids is 1. The maximum atomic E-state index is 11.4.